The van der Waals surface area contributed by atoms with Crippen LogP contribution in [-0.4, -0.2) is 78.9 Å². The van der Waals surface area contributed by atoms with Gasteiger partial charge in [0, 0.05) is 25.9 Å². The molecule has 1 fully saturated rings. The molecule has 13 nitrogen and oxygen atoms in total. The first-order valence-electron chi connectivity index (χ1n) is 11.3. The summed E-state index contributed by atoms with van der Waals surface area (Å²) in [4.78, 5) is 22.2. The van der Waals surface area contributed by atoms with Gasteiger partial charge in [-0.05, 0) is 26.8 Å². The van der Waals surface area contributed by atoms with Crippen molar-refractivity contribution in [1.29, 1.82) is 5.26 Å². The van der Waals surface area contributed by atoms with Gasteiger partial charge in [0.05, 0.1) is 25.5 Å². The summed E-state index contributed by atoms with van der Waals surface area (Å²) in [6.45, 7) is 6.81. The molecule has 1 amide bonds. The van der Waals surface area contributed by atoms with Crippen molar-refractivity contribution in [3.63, 3.8) is 0 Å². The van der Waals surface area contributed by atoms with E-state index in [0.29, 0.717) is 48.5 Å². The van der Waals surface area contributed by atoms with Crippen molar-refractivity contribution in [2.45, 2.75) is 32.5 Å². The lowest BCUT2D eigenvalue weighted by molar-refractivity contribution is -0.0556. The minimum atomic E-state index is -0.579. The molecular weight excluding hydrogens is 466 g/mol. The van der Waals surface area contributed by atoms with Gasteiger partial charge < -0.3 is 24.4 Å². The molecule has 0 aromatic carbocycles. The number of nitrogens with zero attached hydrogens (tertiary/aromatic N) is 8. The molecular formula is C23H27N9O4. The second kappa shape index (κ2) is 10.5. The molecule has 1 unspecified atom stereocenters. The van der Waals surface area contributed by atoms with Crippen LogP contribution in [0.15, 0.2) is 30.7 Å². The Labute approximate surface area is 208 Å². The molecule has 4 rings (SSSR count). The van der Waals surface area contributed by atoms with E-state index in [1.807, 2.05) is 26.8 Å². The van der Waals surface area contributed by atoms with Crippen molar-refractivity contribution in [2.24, 2.45) is 7.05 Å². The highest BCUT2D eigenvalue weighted by molar-refractivity contribution is 5.68. The number of amides is 1. The summed E-state index contributed by atoms with van der Waals surface area (Å²) in [5, 5.41) is 24.8. The minimum absolute atomic E-state index is 0.168. The second-order valence-corrected chi connectivity index (χ2v) is 9.07. The number of rotatable bonds is 6. The largest absolute Gasteiger partial charge is 0.488 e. The summed E-state index contributed by atoms with van der Waals surface area (Å²) in [6, 6.07) is 5.40. The van der Waals surface area contributed by atoms with Crippen LogP contribution in [0.4, 0.5) is 16.4 Å². The Morgan fingerprint density at radius 1 is 1.28 bits per heavy atom. The minimum Gasteiger partial charge on any atom is -0.488 e. The quantitative estimate of drug-likeness (QED) is 0.538. The van der Waals surface area contributed by atoms with Crippen LogP contribution in [0.25, 0.3) is 11.4 Å². The lowest BCUT2D eigenvalue weighted by Gasteiger charge is -2.34. The second-order valence-electron chi connectivity index (χ2n) is 9.07. The van der Waals surface area contributed by atoms with Crippen LogP contribution in [-0.2, 0) is 16.5 Å². The van der Waals surface area contributed by atoms with E-state index < -0.39 is 5.60 Å². The molecule has 0 spiro atoms. The molecule has 36 heavy (non-hydrogen) atoms. The smallest absolute Gasteiger partial charge is 0.410 e. The first kappa shape index (κ1) is 24.8. The predicted molar refractivity (Wildman–Crippen MR) is 127 cm³/mol. The normalized spacial score (nSPS) is 15.8. The number of carbonyl (C=O) groups excluding carboxylic acids is 1. The van der Waals surface area contributed by atoms with E-state index in [0.717, 1.165) is 0 Å². The first-order valence-corrected chi connectivity index (χ1v) is 11.3. The summed E-state index contributed by atoms with van der Waals surface area (Å²) >= 11 is 0. The predicted octanol–water partition coefficient (Wildman–Crippen LogP) is 2.30. The van der Waals surface area contributed by atoms with Gasteiger partial charge in [-0.1, -0.05) is 0 Å². The number of aryl methyl sites for hydroxylation is 1. The van der Waals surface area contributed by atoms with Crippen molar-refractivity contribution >= 4 is 17.7 Å². The lowest BCUT2D eigenvalue weighted by atomic mass is 10.2. The van der Waals surface area contributed by atoms with Crippen LogP contribution in [0, 0.1) is 11.3 Å². The van der Waals surface area contributed by atoms with E-state index in [1.54, 1.807) is 35.0 Å². The summed E-state index contributed by atoms with van der Waals surface area (Å²) in [7, 11) is 1.80. The highest BCUT2D eigenvalue weighted by atomic mass is 16.6. The summed E-state index contributed by atoms with van der Waals surface area (Å²) in [5.41, 5.74) is 0.662. The highest BCUT2D eigenvalue weighted by Gasteiger charge is 2.29. The number of anilines is 2. The van der Waals surface area contributed by atoms with Gasteiger partial charge in [0.25, 0.3) is 0 Å². The van der Waals surface area contributed by atoms with Crippen molar-refractivity contribution in [2.75, 3.05) is 31.6 Å². The third kappa shape index (κ3) is 6.42. The van der Waals surface area contributed by atoms with Gasteiger partial charge in [-0.3, -0.25) is 4.68 Å². The Balaban J connectivity index is 1.49. The van der Waals surface area contributed by atoms with Crippen LogP contribution in [0.5, 0.6) is 5.75 Å². The highest BCUT2D eigenvalue weighted by Crippen LogP contribution is 2.29. The number of morpholine rings is 1. The van der Waals surface area contributed by atoms with Crippen LogP contribution < -0.4 is 10.1 Å². The van der Waals surface area contributed by atoms with E-state index in [9.17, 15) is 4.79 Å². The molecule has 0 aliphatic carbocycles. The average molecular weight is 494 g/mol. The Morgan fingerprint density at radius 2 is 2.11 bits per heavy atom. The van der Waals surface area contributed by atoms with E-state index in [-0.39, 0.29) is 24.5 Å². The molecule has 0 saturated carbocycles. The maximum absolute atomic E-state index is 12.5. The number of aromatic nitrogens is 6. The Kier molecular flexibility index (Phi) is 7.25. The van der Waals surface area contributed by atoms with Gasteiger partial charge in [-0.25, -0.2) is 14.8 Å². The number of ether oxygens (including phenoxy) is 3. The maximum Gasteiger partial charge on any atom is 0.410 e. The van der Waals surface area contributed by atoms with Crippen molar-refractivity contribution in [3.05, 3.63) is 36.4 Å². The van der Waals surface area contributed by atoms with Gasteiger partial charge in [-0.15, -0.1) is 10.2 Å². The Hall–Kier alpha value is -4.31. The molecule has 1 atom stereocenters. The van der Waals surface area contributed by atoms with E-state index in [1.165, 1.54) is 12.4 Å². The monoisotopic (exact) mass is 493 g/mol. The molecule has 13 heteroatoms. The fourth-order valence-electron chi connectivity index (χ4n) is 3.34. The average Bonchev–Trinajstić information content (AvgIpc) is 3.28. The van der Waals surface area contributed by atoms with Crippen molar-refractivity contribution in [3.8, 4) is 23.2 Å². The van der Waals surface area contributed by atoms with Crippen LogP contribution in [0.1, 0.15) is 26.5 Å². The van der Waals surface area contributed by atoms with Gasteiger partial charge in [-0.2, -0.15) is 10.4 Å². The van der Waals surface area contributed by atoms with Crippen molar-refractivity contribution < 1.29 is 19.0 Å². The van der Waals surface area contributed by atoms with Gasteiger partial charge in [0.2, 0.25) is 0 Å². The number of hydrogen-bond donors (Lipinski definition) is 1. The molecule has 1 N–H and O–H groups in total. The molecule has 3 aromatic rings. The zero-order valence-corrected chi connectivity index (χ0v) is 20.5. The number of nitrogens with one attached hydrogen (secondary N) is 1. The third-order valence-electron chi connectivity index (χ3n) is 4.95. The standard InChI is InChI=1S/C23H27N9O4/c1-23(2,3)36-22(33)32-7-8-34-16(13-32)14-35-18-9-19(27-20-12-25-15(10-24)11-26-20)28-29-21(18)17-5-6-31(4)30-17/h5-6,9,11-12,16H,7-8,13-14H2,1-4H3,(H,26,27,28). The summed E-state index contributed by atoms with van der Waals surface area (Å²) < 4.78 is 19.1. The molecule has 1 aliphatic heterocycles. The van der Waals surface area contributed by atoms with E-state index in [2.05, 4.69) is 30.6 Å². The molecule has 0 bridgehead atoms. The van der Waals surface area contributed by atoms with Gasteiger partial charge in [0.1, 0.15) is 35.9 Å². The topological polar surface area (TPSA) is 153 Å². The van der Waals surface area contributed by atoms with Crippen LogP contribution in [0.3, 0.4) is 0 Å². The zero-order chi connectivity index (χ0) is 25.7. The van der Waals surface area contributed by atoms with E-state index >= 15 is 0 Å². The lowest BCUT2D eigenvalue weighted by Crippen LogP contribution is -2.49. The summed E-state index contributed by atoms with van der Waals surface area (Å²) in [5.74, 6) is 1.18. The van der Waals surface area contributed by atoms with Crippen LogP contribution >= 0.6 is 0 Å². The van der Waals surface area contributed by atoms with E-state index in [4.69, 9.17) is 19.5 Å². The fourth-order valence-corrected chi connectivity index (χ4v) is 3.34. The molecule has 1 saturated heterocycles. The number of nitriles is 1. The maximum atomic E-state index is 12.5. The molecule has 0 radical (unpaired) electrons. The fraction of sp³-hybridized carbons (Fsp3) is 0.435. The first-order chi connectivity index (χ1) is 17.2. The Bertz CT molecular complexity index is 1250. The molecule has 3 aromatic heterocycles. The van der Waals surface area contributed by atoms with Gasteiger partial charge in [0.15, 0.2) is 23.0 Å². The van der Waals surface area contributed by atoms with Gasteiger partial charge >= 0.3 is 6.09 Å². The SMILES string of the molecule is Cn1ccc(-c2nnc(Nc3cnc(C#N)cn3)cc2OCC2CN(C(=O)OC(C)(C)C)CCO2)n1. The Morgan fingerprint density at radius 3 is 2.78 bits per heavy atom. The number of carbonyl (C=O) groups is 1. The molecule has 188 valence electrons. The summed E-state index contributed by atoms with van der Waals surface area (Å²) in [6.07, 6.45) is 3.82. The molecule has 4 heterocycles. The number of hydrogen-bond acceptors (Lipinski definition) is 11. The zero-order valence-electron chi connectivity index (χ0n) is 20.5. The van der Waals surface area contributed by atoms with Crippen LogP contribution in [0.2, 0.25) is 0 Å². The third-order valence-corrected chi connectivity index (χ3v) is 4.95. The van der Waals surface area contributed by atoms with Crippen molar-refractivity contribution in [1.82, 2.24) is 34.8 Å². The molecule has 1 aliphatic rings.